The Hall–Kier alpha value is -4.49. The van der Waals surface area contributed by atoms with E-state index in [0.29, 0.717) is 11.4 Å². The fourth-order valence-corrected chi connectivity index (χ4v) is 3.89. The van der Waals surface area contributed by atoms with E-state index in [-0.39, 0.29) is 24.1 Å². The molecule has 0 aliphatic rings. The third-order valence-corrected chi connectivity index (χ3v) is 5.74. The second-order valence-electron chi connectivity index (χ2n) is 8.35. The number of amides is 1. The molecule has 4 rings (SSSR count). The Morgan fingerprint density at radius 1 is 1.08 bits per heavy atom. The highest BCUT2D eigenvalue weighted by Gasteiger charge is 2.33. The number of aryl methyl sites for hydroxylation is 1. The average Bonchev–Trinajstić information content (AvgIpc) is 3.33. The van der Waals surface area contributed by atoms with E-state index in [0.717, 1.165) is 17.2 Å². The molecule has 0 radical (unpaired) electrons. The number of hydrogen-bond donors (Lipinski definition) is 2. The highest BCUT2D eigenvalue weighted by molar-refractivity contribution is 5.95. The van der Waals surface area contributed by atoms with Crippen LogP contribution >= 0.6 is 0 Å². The first-order valence-corrected chi connectivity index (χ1v) is 11.4. The predicted molar refractivity (Wildman–Crippen MR) is 132 cm³/mol. The minimum absolute atomic E-state index is 0.00915. The van der Waals surface area contributed by atoms with Gasteiger partial charge in [-0.2, -0.15) is 23.5 Å². The van der Waals surface area contributed by atoms with Crippen LogP contribution in [0.3, 0.4) is 0 Å². The number of rotatable bonds is 8. The number of aromatic nitrogens is 3. The van der Waals surface area contributed by atoms with Crippen molar-refractivity contribution in [1.82, 2.24) is 20.1 Å². The van der Waals surface area contributed by atoms with Gasteiger partial charge in [-0.15, -0.1) is 0 Å². The van der Waals surface area contributed by atoms with Crippen molar-refractivity contribution in [1.29, 1.82) is 5.26 Å². The van der Waals surface area contributed by atoms with Crippen LogP contribution in [0.15, 0.2) is 79.3 Å². The molecule has 10 heteroatoms. The van der Waals surface area contributed by atoms with Gasteiger partial charge in [-0.1, -0.05) is 36.4 Å². The molecule has 1 atom stereocenters. The lowest BCUT2D eigenvalue weighted by Gasteiger charge is -2.20. The molecule has 0 aliphatic heterocycles. The van der Waals surface area contributed by atoms with E-state index in [1.807, 2.05) is 25.4 Å². The van der Waals surface area contributed by atoms with Gasteiger partial charge in [0.15, 0.2) is 0 Å². The summed E-state index contributed by atoms with van der Waals surface area (Å²) in [5.41, 5.74) is 1.51. The number of alkyl halides is 3. The molecular weight excluding hydrogens is 481 g/mol. The van der Waals surface area contributed by atoms with E-state index in [1.54, 1.807) is 53.5 Å². The van der Waals surface area contributed by atoms with Gasteiger partial charge in [-0.3, -0.25) is 9.48 Å². The van der Waals surface area contributed by atoms with Gasteiger partial charge >= 0.3 is 6.18 Å². The molecule has 4 aromatic rings. The highest BCUT2D eigenvalue weighted by Crippen LogP contribution is 2.33. The Kier molecular flexibility index (Phi) is 7.65. The lowest BCUT2D eigenvalue weighted by atomic mass is 10.0. The van der Waals surface area contributed by atoms with Crippen LogP contribution in [0, 0.1) is 11.3 Å². The Bertz CT molecular complexity index is 1410. The average molecular weight is 505 g/mol. The van der Waals surface area contributed by atoms with Crippen molar-refractivity contribution in [2.24, 2.45) is 7.05 Å². The zero-order chi connectivity index (χ0) is 26.4. The van der Waals surface area contributed by atoms with E-state index in [2.05, 4.69) is 20.7 Å². The smallest absolute Gasteiger partial charge is 0.309 e. The maximum Gasteiger partial charge on any atom is 0.416 e. The lowest BCUT2D eigenvalue weighted by Crippen LogP contribution is -2.34. The van der Waals surface area contributed by atoms with Crippen LogP contribution in [0.2, 0.25) is 0 Å². The molecule has 0 saturated carbocycles. The van der Waals surface area contributed by atoms with Crippen molar-refractivity contribution in [2.75, 3.05) is 11.9 Å². The van der Waals surface area contributed by atoms with Gasteiger partial charge in [0.2, 0.25) is 5.91 Å². The predicted octanol–water partition coefficient (Wildman–Crippen LogP) is 4.88. The molecule has 2 aromatic heterocycles. The molecule has 0 bridgehead atoms. The van der Waals surface area contributed by atoms with Crippen LogP contribution in [0.25, 0.3) is 11.1 Å². The van der Waals surface area contributed by atoms with E-state index in [9.17, 15) is 18.0 Å². The molecule has 37 heavy (non-hydrogen) atoms. The van der Waals surface area contributed by atoms with Gasteiger partial charge in [0, 0.05) is 37.1 Å². The zero-order valence-electron chi connectivity index (χ0n) is 19.8. The van der Waals surface area contributed by atoms with Crippen LogP contribution in [0.1, 0.15) is 28.3 Å². The lowest BCUT2D eigenvalue weighted by molar-refractivity contribution is -0.138. The number of pyridine rings is 1. The van der Waals surface area contributed by atoms with Gasteiger partial charge in [-0.05, 0) is 41.8 Å². The second-order valence-corrected chi connectivity index (χ2v) is 8.35. The fraction of sp³-hybridized carbons (Fsp3) is 0.185. The summed E-state index contributed by atoms with van der Waals surface area (Å²) in [6.07, 6.45) is 0.605. The largest absolute Gasteiger partial charge is 0.416 e. The summed E-state index contributed by atoms with van der Waals surface area (Å²) in [6, 6.07) is 16.8. The number of carbonyl (C=O) groups is 1. The zero-order valence-corrected chi connectivity index (χ0v) is 19.8. The van der Waals surface area contributed by atoms with Crippen molar-refractivity contribution >= 4 is 11.7 Å². The van der Waals surface area contributed by atoms with Gasteiger partial charge in [0.05, 0.1) is 23.4 Å². The van der Waals surface area contributed by atoms with Crippen LogP contribution in [-0.4, -0.2) is 27.2 Å². The van der Waals surface area contributed by atoms with Crippen LogP contribution in [-0.2, 0) is 24.4 Å². The monoisotopic (exact) mass is 504 g/mol. The summed E-state index contributed by atoms with van der Waals surface area (Å²) in [4.78, 5) is 17.5. The maximum absolute atomic E-state index is 13.5. The third-order valence-electron chi connectivity index (χ3n) is 5.74. The van der Waals surface area contributed by atoms with Crippen LogP contribution in [0.5, 0.6) is 0 Å². The second kappa shape index (κ2) is 11.1. The number of anilines is 1. The molecule has 0 fully saturated rings. The first-order valence-electron chi connectivity index (χ1n) is 11.4. The molecule has 7 nitrogen and oxygen atoms in total. The molecule has 1 amide bonds. The van der Waals surface area contributed by atoms with Crippen molar-refractivity contribution in [3.8, 4) is 17.2 Å². The van der Waals surface area contributed by atoms with Crippen molar-refractivity contribution in [2.45, 2.75) is 18.6 Å². The Balaban J connectivity index is 1.48. The van der Waals surface area contributed by atoms with Gasteiger partial charge in [0.1, 0.15) is 11.9 Å². The number of halogens is 3. The van der Waals surface area contributed by atoms with E-state index < -0.39 is 23.7 Å². The van der Waals surface area contributed by atoms with E-state index >= 15 is 0 Å². The molecular formula is C27H23F3N6O. The minimum atomic E-state index is -4.59. The summed E-state index contributed by atoms with van der Waals surface area (Å²) in [7, 11) is 1.81. The van der Waals surface area contributed by atoms with Crippen molar-refractivity contribution in [3.63, 3.8) is 0 Å². The number of benzene rings is 2. The fourth-order valence-electron chi connectivity index (χ4n) is 3.89. The maximum atomic E-state index is 13.5. The van der Waals surface area contributed by atoms with Crippen molar-refractivity contribution in [3.05, 3.63) is 102 Å². The van der Waals surface area contributed by atoms with E-state index in [1.165, 1.54) is 12.1 Å². The number of carbonyl (C=O) groups excluding carboxylic acids is 1. The van der Waals surface area contributed by atoms with Gasteiger partial charge in [-0.25, -0.2) is 4.98 Å². The Morgan fingerprint density at radius 3 is 2.49 bits per heavy atom. The molecule has 2 aromatic carbocycles. The first kappa shape index (κ1) is 25.6. The van der Waals surface area contributed by atoms with Gasteiger partial charge in [0.25, 0.3) is 0 Å². The summed E-state index contributed by atoms with van der Waals surface area (Å²) >= 11 is 0. The quantitative estimate of drug-likeness (QED) is 0.357. The Morgan fingerprint density at radius 2 is 1.86 bits per heavy atom. The normalized spacial score (nSPS) is 12.1. The molecule has 0 unspecified atom stereocenters. The number of nitriles is 1. The number of nitrogens with one attached hydrogen (secondary N) is 2. The van der Waals surface area contributed by atoms with Gasteiger partial charge < -0.3 is 10.6 Å². The molecule has 2 N–H and O–H groups in total. The SMILES string of the molecule is Cn1cc(-c2ccc(NC(=O)[C@@H](NCCc3ccc(C#N)cc3C(F)(F)F)c3ccccc3)nc2)cn1. The highest BCUT2D eigenvalue weighted by atomic mass is 19.4. The topological polar surface area (TPSA) is 95.6 Å². The number of hydrogen-bond acceptors (Lipinski definition) is 5. The molecule has 0 saturated heterocycles. The van der Waals surface area contributed by atoms with Crippen molar-refractivity contribution < 1.29 is 18.0 Å². The standard InChI is InChI=1S/C27H23F3N6O/c1-36-17-22(16-34-36)21-9-10-24(33-15-21)35-26(37)25(20-5-3-2-4-6-20)32-12-11-19-8-7-18(14-31)13-23(19)27(28,29)30/h2-10,13,15-17,25,32H,11-12H2,1H3,(H,33,35,37)/t25-/m0/s1. The summed E-state index contributed by atoms with van der Waals surface area (Å²) in [5, 5.41) is 18.9. The minimum Gasteiger partial charge on any atom is -0.309 e. The number of nitrogens with zero attached hydrogens (tertiary/aromatic N) is 4. The molecule has 2 heterocycles. The van der Waals surface area contributed by atoms with Crippen LogP contribution < -0.4 is 10.6 Å². The summed E-state index contributed by atoms with van der Waals surface area (Å²) in [6.45, 7) is 0.0926. The molecule has 0 aliphatic carbocycles. The van der Waals surface area contributed by atoms with Crippen LogP contribution in [0.4, 0.5) is 19.0 Å². The Labute approximate surface area is 211 Å². The first-order chi connectivity index (χ1) is 17.7. The third kappa shape index (κ3) is 6.39. The molecule has 0 spiro atoms. The summed E-state index contributed by atoms with van der Waals surface area (Å²) in [5.74, 6) is -0.0597. The summed E-state index contributed by atoms with van der Waals surface area (Å²) < 4.78 is 42.2. The molecule has 188 valence electrons. The van der Waals surface area contributed by atoms with E-state index in [4.69, 9.17) is 5.26 Å².